The lowest BCUT2D eigenvalue weighted by molar-refractivity contribution is 0.0292. The molecule has 2 aliphatic heterocycles. The number of amides is 2. The molecule has 1 aromatic rings. The van der Waals surface area contributed by atoms with Crippen LogP contribution in [0.4, 0.5) is 4.79 Å². The van der Waals surface area contributed by atoms with Crippen LogP contribution in [0.25, 0.3) is 0 Å². The molecule has 0 radical (unpaired) electrons. The van der Waals surface area contributed by atoms with Crippen LogP contribution in [0.1, 0.15) is 36.8 Å². The molecule has 2 heterocycles. The first-order chi connectivity index (χ1) is 12.1. The fourth-order valence-electron chi connectivity index (χ4n) is 4.06. The third-order valence-electron chi connectivity index (χ3n) is 5.63. The number of β-amino-alcohol motifs (C(OH)–C–C–N with tert-alkyl or cyclic N) is 1. The van der Waals surface area contributed by atoms with Crippen molar-refractivity contribution in [1.82, 2.24) is 15.1 Å². The van der Waals surface area contributed by atoms with Gasteiger partial charge in [0.2, 0.25) is 0 Å². The zero-order valence-electron chi connectivity index (χ0n) is 15.3. The maximum absolute atomic E-state index is 12.4. The number of nitrogens with zero attached hydrogens (tertiary/aromatic N) is 2. The lowest BCUT2D eigenvalue weighted by atomic mass is 9.99. The van der Waals surface area contributed by atoms with E-state index in [1.54, 1.807) is 0 Å². The number of carbonyl (C=O) groups excluding carboxylic acids is 1. The molecule has 0 aliphatic carbocycles. The first kappa shape index (κ1) is 18.2. The van der Waals surface area contributed by atoms with Gasteiger partial charge < -0.3 is 15.3 Å². The van der Waals surface area contributed by atoms with Crippen molar-refractivity contribution in [3.8, 4) is 0 Å². The molecule has 0 spiro atoms. The van der Waals surface area contributed by atoms with Crippen molar-refractivity contribution in [3.63, 3.8) is 0 Å². The molecule has 2 saturated heterocycles. The first-order valence-electron chi connectivity index (χ1n) is 9.63. The normalized spacial score (nSPS) is 22.8. The lowest BCUT2D eigenvalue weighted by Crippen LogP contribution is -2.52. The highest BCUT2D eigenvalue weighted by molar-refractivity contribution is 5.74. The standard InChI is InChI=1S/C20H31N3O2/c1-16-5-2-3-6-17(16)8-11-21-20(25)22-13-9-18(10-14-22)23-12-4-7-19(24)15-23/h2-3,5-6,18-19,24H,4,7-15H2,1H3,(H,21,25)/t19-/m1/s1. The van der Waals surface area contributed by atoms with E-state index >= 15 is 0 Å². The number of rotatable bonds is 4. The van der Waals surface area contributed by atoms with E-state index in [9.17, 15) is 9.90 Å². The van der Waals surface area contributed by atoms with Crippen molar-refractivity contribution >= 4 is 6.03 Å². The van der Waals surface area contributed by atoms with Crippen molar-refractivity contribution in [2.45, 2.75) is 51.2 Å². The van der Waals surface area contributed by atoms with E-state index in [0.29, 0.717) is 12.6 Å². The molecule has 138 valence electrons. The molecule has 1 atom stereocenters. The summed E-state index contributed by atoms with van der Waals surface area (Å²) in [5, 5.41) is 12.9. The van der Waals surface area contributed by atoms with E-state index in [1.165, 1.54) is 11.1 Å². The number of aliphatic hydroxyl groups excluding tert-OH is 1. The Morgan fingerprint density at radius 2 is 1.96 bits per heavy atom. The molecule has 5 heteroatoms. The predicted octanol–water partition coefficient (Wildman–Crippen LogP) is 2.17. The molecule has 2 N–H and O–H groups in total. The molecule has 0 aromatic heterocycles. The minimum Gasteiger partial charge on any atom is -0.392 e. The Labute approximate surface area is 151 Å². The van der Waals surface area contributed by atoms with E-state index in [2.05, 4.69) is 29.3 Å². The second-order valence-electron chi connectivity index (χ2n) is 7.42. The minimum absolute atomic E-state index is 0.0608. The molecule has 0 bridgehead atoms. The number of nitrogens with one attached hydrogen (secondary N) is 1. The highest BCUT2D eigenvalue weighted by atomic mass is 16.3. The summed E-state index contributed by atoms with van der Waals surface area (Å²) in [4.78, 5) is 16.7. The molecule has 2 fully saturated rings. The fraction of sp³-hybridized carbons (Fsp3) is 0.650. The van der Waals surface area contributed by atoms with E-state index in [0.717, 1.165) is 58.3 Å². The van der Waals surface area contributed by atoms with Gasteiger partial charge in [-0.3, -0.25) is 4.90 Å². The Morgan fingerprint density at radius 3 is 2.68 bits per heavy atom. The van der Waals surface area contributed by atoms with E-state index in [4.69, 9.17) is 0 Å². The molecule has 3 rings (SSSR count). The maximum Gasteiger partial charge on any atom is 0.317 e. The van der Waals surface area contributed by atoms with Crippen LogP contribution in [0, 0.1) is 6.92 Å². The maximum atomic E-state index is 12.4. The number of likely N-dealkylation sites (tertiary alicyclic amines) is 2. The van der Waals surface area contributed by atoms with Gasteiger partial charge in [-0.2, -0.15) is 0 Å². The zero-order chi connectivity index (χ0) is 17.6. The van der Waals surface area contributed by atoms with Crippen molar-refractivity contribution in [1.29, 1.82) is 0 Å². The summed E-state index contributed by atoms with van der Waals surface area (Å²) < 4.78 is 0. The zero-order valence-corrected chi connectivity index (χ0v) is 15.3. The summed E-state index contributed by atoms with van der Waals surface area (Å²) in [6.07, 6.45) is 4.74. The number of aryl methyl sites for hydroxylation is 1. The van der Waals surface area contributed by atoms with Gasteiger partial charge in [0, 0.05) is 32.2 Å². The number of urea groups is 1. The van der Waals surface area contributed by atoms with Gasteiger partial charge in [-0.05, 0) is 56.7 Å². The summed E-state index contributed by atoms with van der Waals surface area (Å²) >= 11 is 0. The quantitative estimate of drug-likeness (QED) is 0.879. The highest BCUT2D eigenvalue weighted by Gasteiger charge is 2.29. The summed E-state index contributed by atoms with van der Waals surface area (Å²) in [6.45, 7) is 6.31. The number of aliphatic hydroxyl groups is 1. The predicted molar refractivity (Wildman–Crippen MR) is 99.7 cm³/mol. The average Bonchev–Trinajstić information content (AvgIpc) is 2.63. The largest absolute Gasteiger partial charge is 0.392 e. The number of carbonyl (C=O) groups is 1. The van der Waals surface area contributed by atoms with Crippen molar-refractivity contribution in [3.05, 3.63) is 35.4 Å². The van der Waals surface area contributed by atoms with E-state index in [1.807, 2.05) is 17.0 Å². The second kappa shape index (κ2) is 8.68. The van der Waals surface area contributed by atoms with Gasteiger partial charge in [0.1, 0.15) is 0 Å². The third-order valence-corrected chi connectivity index (χ3v) is 5.63. The SMILES string of the molecule is Cc1ccccc1CCNC(=O)N1CCC(N2CCC[C@@H](O)C2)CC1. The van der Waals surface area contributed by atoms with Gasteiger partial charge in [0.05, 0.1) is 6.10 Å². The van der Waals surface area contributed by atoms with Gasteiger partial charge in [-0.25, -0.2) is 4.79 Å². The monoisotopic (exact) mass is 345 g/mol. The highest BCUT2D eigenvalue weighted by Crippen LogP contribution is 2.21. The fourth-order valence-corrected chi connectivity index (χ4v) is 4.06. The van der Waals surface area contributed by atoms with E-state index < -0.39 is 0 Å². The van der Waals surface area contributed by atoms with Gasteiger partial charge >= 0.3 is 6.03 Å². The van der Waals surface area contributed by atoms with Crippen LogP contribution in [0.5, 0.6) is 0 Å². The van der Waals surface area contributed by atoms with Crippen LogP contribution in [-0.4, -0.2) is 65.8 Å². The minimum atomic E-state index is -0.170. The van der Waals surface area contributed by atoms with Crippen LogP contribution >= 0.6 is 0 Å². The van der Waals surface area contributed by atoms with Crippen molar-refractivity contribution < 1.29 is 9.90 Å². The molecule has 2 aliphatic rings. The molecule has 5 nitrogen and oxygen atoms in total. The van der Waals surface area contributed by atoms with Crippen LogP contribution in [0.15, 0.2) is 24.3 Å². The Balaban J connectivity index is 1.39. The van der Waals surface area contributed by atoms with Crippen LogP contribution < -0.4 is 5.32 Å². The van der Waals surface area contributed by atoms with Gasteiger partial charge in [0.25, 0.3) is 0 Å². The van der Waals surface area contributed by atoms with Gasteiger partial charge in [-0.1, -0.05) is 24.3 Å². The molecule has 1 aromatic carbocycles. The Kier molecular flexibility index (Phi) is 6.32. The van der Waals surface area contributed by atoms with Crippen LogP contribution in [-0.2, 0) is 6.42 Å². The van der Waals surface area contributed by atoms with Crippen LogP contribution in [0.2, 0.25) is 0 Å². The topological polar surface area (TPSA) is 55.8 Å². The summed E-state index contributed by atoms with van der Waals surface area (Å²) in [5.41, 5.74) is 2.58. The molecule has 0 unspecified atom stereocenters. The van der Waals surface area contributed by atoms with Gasteiger partial charge in [-0.15, -0.1) is 0 Å². The molecule has 25 heavy (non-hydrogen) atoms. The van der Waals surface area contributed by atoms with Crippen molar-refractivity contribution in [2.24, 2.45) is 0 Å². The lowest BCUT2D eigenvalue weighted by Gasteiger charge is -2.41. The smallest absolute Gasteiger partial charge is 0.317 e. The second-order valence-corrected chi connectivity index (χ2v) is 7.42. The molecule has 0 saturated carbocycles. The summed E-state index contributed by atoms with van der Waals surface area (Å²) in [7, 11) is 0. The summed E-state index contributed by atoms with van der Waals surface area (Å²) in [5.74, 6) is 0. The first-order valence-corrected chi connectivity index (χ1v) is 9.63. The number of benzene rings is 1. The molecular weight excluding hydrogens is 314 g/mol. The molecular formula is C20H31N3O2. The summed E-state index contributed by atoms with van der Waals surface area (Å²) in [6, 6.07) is 8.91. The Morgan fingerprint density at radius 1 is 1.20 bits per heavy atom. The Hall–Kier alpha value is -1.59. The number of piperidine rings is 2. The average molecular weight is 345 g/mol. The molecule has 2 amide bonds. The van der Waals surface area contributed by atoms with Crippen molar-refractivity contribution in [2.75, 3.05) is 32.7 Å². The third kappa shape index (κ3) is 4.95. The number of hydrogen-bond acceptors (Lipinski definition) is 3. The Bertz CT molecular complexity index is 570. The number of hydrogen-bond donors (Lipinski definition) is 2. The van der Waals surface area contributed by atoms with Gasteiger partial charge in [0.15, 0.2) is 0 Å². The van der Waals surface area contributed by atoms with E-state index in [-0.39, 0.29) is 12.1 Å². The van der Waals surface area contributed by atoms with Crippen LogP contribution in [0.3, 0.4) is 0 Å².